The van der Waals surface area contributed by atoms with Crippen molar-refractivity contribution in [2.75, 3.05) is 13.2 Å². The van der Waals surface area contributed by atoms with Crippen molar-refractivity contribution in [1.82, 2.24) is 10.9 Å². The van der Waals surface area contributed by atoms with E-state index >= 15 is 0 Å². The third-order valence-corrected chi connectivity index (χ3v) is 3.61. The summed E-state index contributed by atoms with van der Waals surface area (Å²) in [6, 6.07) is 9.06. The summed E-state index contributed by atoms with van der Waals surface area (Å²) in [6.45, 7) is -0.849. The van der Waals surface area contributed by atoms with Crippen LogP contribution < -0.4 is 20.3 Å². The zero-order valence-electron chi connectivity index (χ0n) is 14.2. The second-order valence-corrected chi connectivity index (χ2v) is 5.60. The Morgan fingerprint density at radius 1 is 1.07 bits per heavy atom. The number of para-hydroxylation sites is 2. The average Bonchev–Trinajstić information content (AvgIpc) is 2.69. The molecule has 0 bridgehead atoms. The van der Waals surface area contributed by atoms with E-state index in [0.717, 1.165) is 12.1 Å². The highest BCUT2D eigenvalue weighted by Crippen LogP contribution is 2.30. The van der Waals surface area contributed by atoms with Gasteiger partial charge in [-0.3, -0.25) is 20.4 Å². The quantitative estimate of drug-likeness (QED) is 0.597. The molecular formula is C18H14F2N2O6. The van der Waals surface area contributed by atoms with Crippen molar-refractivity contribution in [3.8, 4) is 11.5 Å². The lowest BCUT2D eigenvalue weighted by molar-refractivity contribution is -0.135. The van der Waals surface area contributed by atoms with Gasteiger partial charge >= 0.3 is 5.97 Å². The molecule has 10 heteroatoms. The number of rotatable bonds is 4. The van der Waals surface area contributed by atoms with E-state index in [2.05, 4.69) is 10.2 Å². The molecule has 0 spiro atoms. The molecule has 8 nitrogen and oxygen atoms in total. The molecular weight excluding hydrogens is 378 g/mol. The van der Waals surface area contributed by atoms with Crippen LogP contribution in [0.25, 0.3) is 0 Å². The van der Waals surface area contributed by atoms with Crippen LogP contribution in [0, 0.1) is 11.6 Å². The molecule has 3 rings (SSSR count). The standard InChI is InChI=1S/C18H14F2N2O6/c19-10-5-6-11(12(20)7-10)18(25)27-9-16(23)21-22-17(24)15-8-26-13-3-1-2-4-14(13)28-15/h1-7,15H,8-9H2,(H,21,23)(H,22,24)/t15-/m0/s1. The van der Waals surface area contributed by atoms with Gasteiger partial charge in [-0.2, -0.15) is 0 Å². The highest BCUT2D eigenvalue weighted by molar-refractivity contribution is 5.92. The summed E-state index contributed by atoms with van der Waals surface area (Å²) in [5, 5.41) is 0. The molecule has 28 heavy (non-hydrogen) atoms. The van der Waals surface area contributed by atoms with E-state index in [1.807, 2.05) is 5.43 Å². The van der Waals surface area contributed by atoms with Crippen molar-refractivity contribution >= 4 is 17.8 Å². The molecule has 0 aromatic heterocycles. The number of carbonyl (C=O) groups excluding carboxylic acids is 3. The normalized spacial score (nSPS) is 14.7. The number of esters is 1. The van der Waals surface area contributed by atoms with Gasteiger partial charge < -0.3 is 14.2 Å². The predicted octanol–water partition coefficient (Wildman–Crippen LogP) is 1.11. The topological polar surface area (TPSA) is 103 Å². The van der Waals surface area contributed by atoms with Crippen molar-refractivity contribution in [2.45, 2.75) is 6.10 Å². The van der Waals surface area contributed by atoms with Gasteiger partial charge in [0.15, 0.2) is 18.1 Å². The number of hydrogen-bond donors (Lipinski definition) is 2. The Labute approximate surface area is 157 Å². The van der Waals surface area contributed by atoms with E-state index in [4.69, 9.17) is 9.47 Å². The van der Waals surface area contributed by atoms with Gasteiger partial charge in [-0.15, -0.1) is 0 Å². The zero-order chi connectivity index (χ0) is 20.1. The molecule has 0 saturated heterocycles. The van der Waals surface area contributed by atoms with Gasteiger partial charge in [0.2, 0.25) is 6.10 Å². The molecule has 1 aliphatic rings. The molecule has 1 aliphatic heterocycles. The van der Waals surface area contributed by atoms with Crippen molar-refractivity contribution in [2.24, 2.45) is 0 Å². The Morgan fingerprint density at radius 3 is 2.57 bits per heavy atom. The second kappa shape index (κ2) is 8.33. The lowest BCUT2D eigenvalue weighted by atomic mass is 10.2. The minimum absolute atomic E-state index is 0.0580. The number of amides is 2. The van der Waals surface area contributed by atoms with Crippen molar-refractivity contribution in [3.63, 3.8) is 0 Å². The van der Waals surface area contributed by atoms with E-state index in [9.17, 15) is 23.2 Å². The van der Waals surface area contributed by atoms with Crippen LogP contribution >= 0.6 is 0 Å². The molecule has 2 aromatic carbocycles. The summed E-state index contributed by atoms with van der Waals surface area (Å²) in [5.41, 5.74) is 3.61. The maximum atomic E-state index is 13.5. The third kappa shape index (κ3) is 4.53. The Hall–Kier alpha value is -3.69. The van der Waals surface area contributed by atoms with Gasteiger partial charge in [0, 0.05) is 6.07 Å². The maximum absolute atomic E-state index is 13.5. The van der Waals surface area contributed by atoms with Gasteiger partial charge in [0.05, 0.1) is 5.56 Å². The highest BCUT2D eigenvalue weighted by atomic mass is 19.1. The second-order valence-electron chi connectivity index (χ2n) is 5.60. The smallest absolute Gasteiger partial charge is 0.341 e. The van der Waals surface area contributed by atoms with Crippen LogP contribution in [-0.4, -0.2) is 37.1 Å². The number of nitrogens with one attached hydrogen (secondary N) is 2. The first-order chi connectivity index (χ1) is 13.4. The summed E-state index contributed by atoms with van der Waals surface area (Å²) in [7, 11) is 0. The van der Waals surface area contributed by atoms with Crippen LogP contribution in [0.5, 0.6) is 11.5 Å². The lowest BCUT2D eigenvalue weighted by Gasteiger charge is -2.25. The summed E-state index contributed by atoms with van der Waals surface area (Å²) >= 11 is 0. The fourth-order valence-corrected chi connectivity index (χ4v) is 2.26. The van der Waals surface area contributed by atoms with E-state index in [-0.39, 0.29) is 6.61 Å². The first kappa shape index (κ1) is 19.1. The number of halogens is 2. The highest BCUT2D eigenvalue weighted by Gasteiger charge is 2.27. The molecule has 2 aromatic rings. The Morgan fingerprint density at radius 2 is 1.82 bits per heavy atom. The van der Waals surface area contributed by atoms with Crippen LogP contribution in [0.15, 0.2) is 42.5 Å². The average molecular weight is 392 g/mol. The van der Waals surface area contributed by atoms with Crippen LogP contribution in [0.4, 0.5) is 8.78 Å². The van der Waals surface area contributed by atoms with Crippen molar-refractivity contribution in [1.29, 1.82) is 0 Å². The Bertz CT molecular complexity index is 921. The van der Waals surface area contributed by atoms with Crippen LogP contribution in [-0.2, 0) is 14.3 Å². The van der Waals surface area contributed by atoms with Gasteiger partial charge in [-0.25, -0.2) is 13.6 Å². The first-order valence-corrected chi connectivity index (χ1v) is 8.03. The van der Waals surface area contributed by atoms with E-state index in [1.54, 1.807) is 24.3 Å². The SMILES string of the molecule is O=C(COC(=O)c1ccc(F)cc1F)NNC(=O)[C@@H]1COc2ccccc2O1. The van der Waals surface area contributed by atoms with Gasteiger partial charge in [0.1, 0.15) is 18.2 Å². The van der Waals surface area contributed by atoms with E-state index in [0.29, 0.717) is 17.6 Å². The molecule has 0 aliphatic carbocycles. The summed E-state index contributed by atoms with van der Waals surface area (Å²) in [5.74, 6) is -3.80. The monoisotopic (exact) mass is 392 g/mol. The molecule has 146 valence electrons. The number of fused-ring (bicyclic) bond motifs is 1. The molecule has 2 N–H and O–H groups in total. The zero-order valence-corrected chi connectivity index (χ0v) is 14.2. The third-order valence-electron chi connectivity index (χ3n) is 3.61. The molecule has 1 heterocycles. The van der Waals surface area contributed by atoms with Gasteiger partial charge in [-0.1, -0.05) is 12.1 Å². The van der Waals surface area contributed by atoms with E-state index in [1.165, 1.54) is 0 Å². The Kier molecular flexibility index (Phi) is 5.68. The number of ether oxygens (including phenoxy) is 3. The van der Waals surface area contributed by atoms with E-state index < -0.39 is 47.7 Å². The Balaban J connectivity index is 1.44. The number of benzene rings is 2. The maximum Gasteiger partial charge on any atom is 0.341 e. The fourth-order valence-electron chi connectivity index (χ4n) is 2.26. The summed E-state index contributed by atoms with van der Waals surface area (Å²) in [4.78, 5) is 35.4. The lowest BCUT2D eigenvalue weighted by Crippen LogP contribution is -2.51. The van der Waals surface area contributed by atoms with Crippen molar-refractivity contribution < 1.29 is 37.4 Å². The molecule has 1 atom stereocenters. The number of hydrogen-bond acceptors (Lipinski definition) is 6. The molecule has 0 fully saturated rings. The first-order valence-electron chi connectivity index (χ1n) is 8.03. The summed E-state index contributed by atoms with van der Waals surface area (Å²) in [6.07, 6.45) is -0.994. The largest absolute Gasteiger partial charge is 0.485 e. The minimum atomic E-state index is -1.15. The fraction of sp³-hybridized carbons (Fsp3) is 0.167. The number of carbonyl (C=O) groups is 3. The molecule has 0 unspecified atom stereocenters. The summed E-state index contributed by atoms with van der Waals surface area (Å²) < 4.78 is 41.7. The predicted molar refractivity (Wildman–Crippen MR) is 89.3 cm³/mol. The minimum Gasteiger partial charge on any atom is -0.485 e. The molecule has 0 radical (unpaired) electrons. The van der Waals surface area contributed by atoms with Crippen LogP contribution in [0.2, 0.25) is 0 Å². The van der Waals surface area contributed by atoms with Gasteiger partial charge in [0.25, 0.3) is 11.8 Å². The van der Waals surface area contributed by atoms with Gasteiger partial charge in [-0.05, 0) is 24.3 Å². The number of hydrazine groups is 1. The van der Waals surface area contributed by atoms with Crippen molar-refractivity contribution in [3.05, 3.63) is 59.7 Å². The molecule has 0 saturated carbocycles. The molecule has 2 amide bonds. The van der Waals surface area contributed by atoms with Crippen LogP contribution in [0.1, 0.15) is 10.4 Å². The van der Waals surface area contributed by atoms with Crippen LogP contribution in [0.3, 0.4) is 0 Å².